The number of nitrogens with one attached hydrogen (secondary N) is 1. The molecule has 166 valence electrons. The number of amides is 1. The van der Waals surface area contributed by atoms with Crippen LogP contribution in [-0.2, 0) is 24.3 Å². The summed E-state index contributed by atoms with van der Waals surface area (Å²) in [7, 11) is -1.54. The highest BCUT2D eigenvalue weighted by Gasteiger charge is 2.22. The number of aromatic nitrogens is 5. The Morgan fingerprint density at radius 1 is 1.21 bits per heavy atom. The van der Waals surface area contributed by atoms with E-state index in [-0.39, 0.29) is 5.56 Å². The fourth-order valence-corrected chi connectivity index (χ4v) is 3.79. The standard InChI is InChI=1S/C21H20BN7O4/c23-17(30)14-5-2-7-29-20(14)27-28-21(29)19-25-16-6-8-33-11-15(16)18(26-19)24-10-12-3-1-4-13(9-12)22(31)32/h1-5,7,9,31-32H,6,8,10-11H2,(H2,23,30)(H,24,25,26). The minimum absolute atomic E-state index is 0.256. The number of fused-ring (bicyclic) bond motifs is 2. The van der Waals surface area contributed by atoms with Gasteiger partial charge in [0, 0.05) is 24.7 Å². The highest BCUT2D eigenvalue weighted by molar-refractivity contribution is 6.58. The van der Waals surface area contributed by atoms with Crippen molar-refractivity contribution in [2.75, 3.05) is 11.9 Å². The van der Waals surface area contributed by atoms with Crippen LogP contribution in [0.15, 0.2) is 42.6 Å². The monoisotopic (exact) mass is 445 g/mol. The molecule has 11 nitrogen and oxygen atoms in total. The third-order valence-corrected chi connectivity index (χ3v) is 5.43. The second kappa shape index (κ2) is 8.58. The Hall–Kier alpha value is -3.87. The Morgan fingerprint density at radius 2 is 2.09 bits per heavy atom. The van der Waals surface area contributed by atoms with E-state index < -0.39 is 13.0 Å². The SMILES string of the molecule is NC(=O)c1cccn2c(-c3nc4c(c(NCc5cccc(B(O)O)c5)n3)COCC4)nnc12. The number of nitrogens with two attached hydrogens (primary N) is 1. The second-order valence-electron chi connectivity index (χ2n) is 7.60. The van der Waals surface area contributed by atoms with E-state index in [4.69, 9.17) is 15.5 Å². The molecule has 0 unspecified atom stereocenters. The average molecular weight is 445 g/mol. The van der Waals surface area contributed by atoms with Crippen molar-refractivity contribution in [3.05, 3.63) is 65.0 Å². The molecule has 1 amide bonds. The summed E-state index contributed by atoms with van der Waals surface area (Å²) in [6.07, 6.45) is 2.34. The first-order valence-electron chi connectivity index (χ1n) is 10.3. The molecule has 5 N–H and O–H groups in total. The van der Waals surface area contributed by atoms with Gasteiger partial charge >= 0.3 is 7.12 Å². The lowest BCUT2D eigenvalue weighted by Gasteiger charge is -2.20. The molecule has 0 fully saturated rings. The summed E-state index contributed by atoms with van der Waals surface area (Å²) in [4.78, 5) is 21.1. The van der Waals surface area contributed by atoms with Gasteiger partial charge < -0.3 is 25.8 Å². The lowest BCUT2D eigenvalue weighted by Crippen LogP contribution is -2.30. The second-order valence-corrected chi connectivity index (χ2v) is 7.60. The third kappa shape index (κ3) is 4.02. The zero-order valence-electron chi connectivity index (χ0n) is 17.5. The van der Waals surface area contributed by atoms with Crippen molar-refractivity contribution in [3.8, 4) is 11.6 Å². The Morgan fingerprint density at radius 3 is 2.91 bits per heavy atom. The van der Waals surface area contributed by atoms with Crippen LogP contribution in [0, 0.1) is 0 Å². The van der Waals surface area contributed by atoms with Gasteiger partial charge in [0.05, 0.1) is 24.5 Å². The van der Waals surface area contributed by atoms with E-state index >= 15 is 0 Å². The molecule has 33 heavy (non-hydrogen) atoms. The normalized spacial score (nSPS) is 13.0. The Kier molecular flexibility index (Phi) is 5.46. The van der Waals surface area contributed by atoms with Crippen molar-refractivity contribution in [1.29, 1.82) is 0 Å². The molecular weight excluding hydrogens is 425 g/mol. The zero-order valence-corrected chi connectivity index (χ0v) is 17.5. The Bertz CT molecular complexity index is 1360. The zero-order chi connectivity index (χ0) is 22.9. The van der Waals surface area contributed by atoms with Gasteiger partial charge in [-0.05, 0) is 23.2 Å². The first-order valence-corrected chi connectivity index (χ1v) is 10.3. The van der Waals surface area contributed by atoms with Crippen LogP contribution in [0.2, 0.25) is 0 Å². The molecule has 5 rings (SSSR count). The molecule has 1 aliphatic rings. The number of hydrogen-bond donors (Lipinski definition) is 4. The average Bonchev–Trinajstić information content (AvgIpc) is 3.26. The maximum absolute atomic E-state index is 11.7. The minimum Gasteiger partial charge on any atom is -0.423 e. The number of carbonyl (C=O) groups is 1. The topological polar surface area (TPSA) is 161 Å². The van der Waals surface area contributed by atoms with Crippen LogP contribution in [0.5, 0.6) is 0 Å². The summed E-state index contributed by atoms with van der Waals surface area (Å²) < 4.78 is 7.25. The highest BCUT2D eigenvalue weighted by atomic mass is 16.5. The predicted octanol–water partition coefficient (Wildman–Crippen LogP) is -0.350. The number of pyridine rings is 1. The van der Waals surface area contributed by atoms with Gasteiger partial charge in [-0.1, -0.05) is 24.3 Å². The first-order chi connectivity index (χ1) is 16.0. The van der Waals surface area contributed by atoms with E-state index in [0.717, 1.165) is 16.8 Å². The number of hydrogen-bond acceptors (Lipinski definition) is 9. The molecule has 4 heterocycles. The number of benzene rings is 1. The van der Waals surface area contributed by atoms with Crippen LogP contribution in [0.4, 0.5) is 5.82 Å². The summed E-state index contributed by atoms with van der Waals surface area (Å²) in [6, 6.07) is 10.3. The largest absolute Gasteiger partial charge is 0.488 e. The van der Waals surface area contributed by atoms with Gasteiger partial charge in [0.1, 0.15) is 5.82 Å². The van der Waals surface area contributed by atoms with Gasteiger partial charge in [0.2, 0.25) is 5.82 Å². The number of rotatable bonds is 6. The quantitative estimate of drug-likeness (QED) is 0.291. The molecule has 1 aromatic carbocycles. The van der Waals surface area contributed by atoms with Crippen molar-refractivity contribution in [1.82, 2.24) is 24.6 Å². The molecular formula is C21H20BN7O4. The van der Waals surface area contributed by atoms with Gasteiger partial charge in [0.15, 0.2) is 11.5 Å². The number of nitrogens with zero attached hydrogens (tertiary/aromatic N) is 5. The Labute approximate surface area is 188 Å². The van der Waals surface area contributed by atoms with Crippen molar-refractivity contribution in [3.63, 3.8) is 0 Å². The summed E-state index contributed by atoms with van der Waals surface area (Å²) in [5.74, 6) is 0.732. The van der Waals surface area contributed by atoms with E-state index in [1.165, 1.54) is 0 Å². The van der Waals surface area contributed by atoms with Crippen LogP contribution in [0.1, 0.15) is 27.2 Å². The lowest BCUT2D eigenvalue weighted by atomic mass is 9.79. The molecule has 4 aromatic rings. The van der Waals surface area contributed by atoms with Crippen LogP contribution < -0.4 is 16.5 Å². The molecule has 12 heteroatoms. The lowest BCUT2D eigenvalue weighted by molar-refractivity contribution is 0.100. The van der Waals surface area contributed by atoms with E-state index in [1.807, 2.05) is 6.07 Å². The van der Waals surface area contributed by atoms with Crippen LogP contribution in [0.25, 0.3) is 17.3 Å². The maximum Gasteiger partial charge on any atom is 0.488 e. The number of primary amides is 1. The van der Waals surface area contributed by atoms with Crippen molar-refractivity contribution < 1.29 is 19.6 Å². The van der Waals surface area contributed by atoms with Gasteiger partial charge in [0.25, 0.3) is 5.91 Å². The van der Waals surface area contributed by atoms with Gasteiger partial charge in [-0.25, -0.2) is 9.97 Å². The molecule has 1 aliphatic heterocycles. The summed E-state index contributed by atoms with van der Waals surface area (Å²) >= 11 is 0. The van der Waals surface area contributed by atoms with Crippen LogP contribution >= 0.6 is 0 Å². The van der Waals surface area contributed by atoms with E-state index in [0.29, 0.717) is 54.8 Å². The predicted molar refractivity (Wildman–Crippen MR) is 119 cm³/mol. The molecule has 0 spiro atoms. The smallest absolute Gasteiger partial charge is 0.423 e. The van der Waals surface area contributed by atoms with Gasteiger partial charge in [-0.15, -0.1) is 10.2 Å². The van der Waals surface area contributed by atoms with Crippen LogP contribution in [0.3, 0.4) is 0 Å². The number of carbonyl (C=O) groups excluding carboxylic acids is 1. The molecule has 0 atom stereocenters. The summed E-state index contributed by atoms with van der Waals surface area (Å²) in [6.45, 7) is 1.32. The maximum atomic E-state index is 11.7. The van der Waals surface area contributed by atoms with E-state index in [1.54, 1.807) is 40.9 Å². The van der Waals surface area contributed by atoms with Crippen molar-refractivity contribution >= 4 is 30.0 Å². The number of ether oxygens (including phenoxy) is 1. The van der Waals surface area contributed by atoms with Crippen molar-refractivity contribution in [2.24, 2.45) is 5.73 Å². The molecule has 3 aromatic heterocycles. The number of anilines is 1. The summed E-state index contributed by atoms with van der Waals surface area (Å²) in [5, 5.41) is 30.5. The fourth-order valence-electron chi connectivity index (χ4n) is 3.79. The summed E-state index contributed by atoms with van der Waals surface area (Å²) in [5.41, 5.74) is 9.01. The molecule has 0 radical (unpaired) electrons. The Balaban J connectivity index is 1.54. The van der Waals surface area contributed by atoms with Gasteiger partial charge in [-0.2, -0.15) is 0 Å². The fraction of sp³-hybridized carbons (Fsp3) is 0.190. The third-order valence-electron chi connectivity index (χ3n) is 5.43. The van der Waals surface area contributed by atoms with E-state index in [2.05, 4.69) is 20.5 Å². The molecule has 0 bridgehead atoms. The first kappa shape index (κ1) is 21.0. The molecule has 0 aliphatic carbocycles. The van der Waals surface area contributed by atoms with Crippen LogP contribution in [-0.4, -0.2) is 54.2 Å². The van der Waals surface area contributed by atoms with Crippen molar-refractivity contribution in [2.45, 2.75) is 19.6 Å². The minimum atomic E-state index is -1.54. The molecule has 0 saturated heterocycles. The molecule has 0 saturated carbocycles. The van der Waals surface area contributed by atoms with Gasteiger partial charge in [-0.3, -0.25) is 9.20 Å². The van der Waals surface area contributed by atoms with E-state index in [9.17, 15) is 14.8 Å². The highest BCUT2D eigenvalue weighted by Crippen LogP contribution is 2.26.